The summed E-state index contributed by atoms with van der Waals surface area (Å²) in [6.45, 7) is -2.13. The Labute approximate surface area is 181 Å². The summed E-state index contributed by atoms with van der Waals surface area (Å²) in [6.07, 6.45) is 3.11. The predicted octanol–water partition coefficient (Wildman–Crippen LogP) is 2.81. The highest BCUT2D eigenvalue weighted by molar-refractivity contribution is 7.89. The van der Waals surface area contributed by atoms with Gasteiger partial charge < -0.3 is 14.5 Å². The lowest BCUT2D eigenvalue weighted by atomic mass is 9.91. The topological polar surface area (TPSA) is 101 Å². The van der Waals surface area contributed by atoms with E-state index < -0.39 is 33.9 Å². The van der Waals surface area contributed by atoms with E-state index >= 15 is 0 Å². The van der Waals surface area contributed by atoms with Crippen LogP contribution in [-0.4, -0.2) is 37.0 Å². The zero-order chi connectivity index (χ0) is 24.7. The van der Waals surface area contributed by atoms with Crippen molar-refractivity contribution in [1.82, 2.24) is 9.55 Å². The van der Waals surface area contributed by atoms with Crippen molar-refractivity contribution >= 4 is 26.6 Å². The molecule has 2 aromatic heterocycles. The number of nitrogens with two attached hydrogens (primary N) is 1. The summed E-state index contributed by atoms with van der Waals surface area (Å²) in [7, 11) is -4.10. The molecule has 3 heterocycles. The second-order valence-electron chi connectivity index (χ2n) is 8.36. The lowest BCUT2D eigenvalue weighted by Gasteiger charge is -2.35. The molecule has 0 bridgehead atoms. The van der Waals surface area contributed by atoms with Gasteiger partial charge in [-0.3, -0.25) is 4.79 Å². The van der Waals surface area contributed by atoms with E-state index in [2.05, 4.69) is 4.98 Å². The van der Waals surface area contributed by atoms with Crippen LogP contribution >= 0.6 is 0 Å². The molecule has 0 amide bonds. The normalized spacial score (nSPS) is 21.6. The number of alkyl halides is 2. The molecule has 1 saturated heterocycles. The second-order valence-corrected chi connectivity index (χ2v) is 9.92. The molecule has 31 heavy (non-hydrogen) atoms. The Balaban J connectivity index is 1.70. The minimum atomic E-state index is -4.10. The molecule has 7 nitrogen and oxygen atoms in total. The van der Waals surface area contributed by atoms with Gasteiger partial charge in [0.25, 0.3) is 11.5 Å². The summed E-state index contributed by atoms with van der Waals surface area (Å²) in [4.78, 5) is 17.2. The molecule has 2 aliphatic rings. The standard InChI is InChI=1S/C21H22F2N4O3S/c1-26-11-16(14-4-7-25-18(14)19(26)28)15-10-13(31(24,29)30)2-3-17(15)27-8-5-20(6-9-27)12-21(20,22)23/h2-4,7,10-11,25H,5-6,8-9,12H2,1H3,(H2,24,29,30)/i1D3. The Morgan fingerprint density at radius 1 is 1.19 bits per heavy atom. The monoisotopic (exact) mass is 451 g/mol. The van der Waals surface area contributed by atoms with E-state index in [1.165, 1.54) is 24.5 Å². The van der Waals surface area contributed by atoms with Crippen LogP contribution in [0.2, 0.25) is 0 Å². The maximum absolute atomic E-state index is 13.9. The fourth-order valence-electron chi connectivity index (χ4n) is 4.65. The first kappa shape index (κ1) is 16.9. The smallest absolute Gasteiger partial charge is 0.274 e. The molecule has 2 fully saturated rings. The van der Waals surface area contributed by atoms with Crippen molar-refractivity contribution in [1.29, 1.82) is 0 Å². The van der Waals surface area contributed by atoms with Crippen LogP contribution < -0.4 is 15.6 Å². The number of benzene rings is 1. The van der Waals surface area contributed by atoms with Gasteiger partial charge in [0.2, 0.25) is 10.0 Å². The van der Waals surface area contributed by atoms with Gasteiger partial charge in [-0.25, -0.2) is 22.3 Å². The Bertz CT molecular complexity index is 1470. The number of aromatic amines is 1. The average molecular weight is 452 g/mol. The third-order valence-electron chi connectivity index (χ3n) is 6.59. The van der Waals surface area contributed by atoms with Crippen molar-refractivity contribution < 1.29 is 21.3 Å². The third-order valence-corrected chi connectivity index (χ3v) is 7.50. The summed E-state index contributed by atoms with van der Waals surface area (Å²) < 4.78 is 75.8. The Morgan fingerprint density at radius 2 is 1.90 bits per heavy atom. The van der Waals surface area contributed by atoms with Crippen LogP contribution in [0.3, 0.4) is 0 Å². The van der Waals surface area contributed by atoms with Crippen LogP contribution in [0.25, 0.3) is 22.0 Å². The van der Waals surface area contributed by atoms with Crippen LogP contribution in [0, 0.1) is 5.41 Å². The lowest BCUT2D eigenvalue weighted by Crippen LogP contribution is -2.36. The van der Waals surface area contributed by atoms with Gasteiger partial charge in [-0.05, 0) is 37.1 Å². The first-order chi connectivity index (χ1) is 15.7. The van der Waals surface area contributed by atoms with E-state index in [1.54, 1.807) is 12.1 Å². The largest absolute Gasteiger partial charge is 0.371 e. The number of sulfonamides is 1. The van der Waals surface area contributed by atoms with E-state index in [0.29, 0.717) is 39.9 Å². The minimum Gasteiger partial charge on any atom is -0.371 e. The Morgan fingerprint density at radius 3 is 2.52 bits per heavy atom. The number of pyridine rings is 1. The van der Waals surface area contributed by atoms with Gasteiger partial charge in [0.05, 0.1) is 4.90 Å². The molecule has 3 N–H and O–H groups in total. The number of halogens is 2. The highest BCUT2D eigenvalue weighted by Crippen LogP contribution is 2.66. The molecule has 3 aromatic rings. The van der Waals surface area contributed by atoms with Gasteiger partial charge in [-0.15, -0.1) is 0 Å². The summed E-state index contributed by atoms with van der Waals surface area (Å²) >= 11 is 0. The molecule has 1 aliphatic carbocycles. The number of hydrogen-bond acceptors (Lipinski definition) is 4. The average Bonchev–Trinajstić information content (AvgIpc) is 3.07. The first-order valence-electron chi connectivity index (χ1n) is 11.3. The van der Waals surface area contributed by atoms with E-state index in [4.69, 9.17) is 9.25 Å². The fraction of sp³-hybridized carbons (Fsp3) is 0.381. The van der Waals surface area contributed by atoms with Crippen molar-refractivity contribution in [3.8, 4) is 11.1 Å². The van der Waals surface area contributed by atoms with Crippen LogP contribution in [0.5, 0.6) is 0 Å². The SMILES string of the molecule is [2H]C([2H])([2H])n1cc(-c2cc(S(N)(=O)=O)ccc2N2CCC3(CC2)CC3(F)F)c2cc[nH]c2c1=O. The van der Waals surface area contributed by atoms with E-state index in [1.807, 2.05) is 4.90 Å². The number of nitrogens with zero attached hydrogens (tertiary/aromatic N) is 2. The number of fused-ring (bicyclic) bond motifs is 1. The number of aromatic nitrogens is 2. The first-order valence-corrected chi connectivity index (χ1v) is 11.3. The van der Waals surface area contributed by atoms with Crippen molar-refractivity contribution in [2.45, 2.75) is 30.1 Å². The van der Waals surface area contributed by atoms with Crippen LogP contribution in [0.15, 0.2) is 46.3 Å². The van der Waals surface area contributed by atoms with E-state index in [9.17, 15) is 22.0 Å². The zero-order valence-electron chi connectivity index (χ0n) is 19.4. The number of nitrogens with one attached hydrogen (secondary N) is 1. The quantitative estimate of drug-likeness (QED) is 0.639. The van der Waals surface area contributed by atoms with Gasteiger partial charge in [-0.2, -0.15) is 0 Å². The highest BCUT2D eigenvalue weighted by Gasteiger charge is 2.70. The molecule has 1 aliphatic heterocycles. The lowest BCUT2D eigenvalue weighted by molar-refractivity contribution is 0.0537. The van der Waals surface area contributed by atoms with E-state index in [-0.39, 0.29) is 29.7 Å². The number of piperidine rings is 1. The number of hydrogen-bond donors (Lipinski definition) is 2. The Kier molecular flexibility index (Phi) is 3.49. The molecular formula is C21H22F2N4O3S. The summed E-state index contributed by atoms with van der Waals surface area (Å²) in [5, 5.41) is 5.75. The summed E-state index contributed by atoms with van der Waals surface area (Å²) in [5.41, 5.74) is -0.478. The molecule has 10 heteroatoms. The molecule has 164 valence electrons. The molecule has 1 spiro atoms. The van der Waals surface area contributed by atoms with Crippen LogP contribution in [0.1, 0.15) is 23.4 Å². The van der Waals surface area contributed by atoms with Crippen molar-refractivity contribution in [3.63, 3.8) is 0 Å². The molecule has 1 saturated carbocycles. The molecule has 5 rings (SSSR count). The molecule has 1 aromatic carbocycles. The van der Waals surface area contributed by atoms with Crippen molar-refractivity contribution in [3.05, 3.63) is 47.0 Å². The van der Waals surface area contributed by atoms with E-state index in [0.717, 1.165) is 0 Å². The van der Waals surface area contributed by atoms with Gasteiger partial charge >= 0.3 is 0 Å². The maximum atomic E-state index is 13.9. The fourth-order valence-corrected chi connectivity index (χ4v) is 5.19. The highest BCUT2D eigenvalue weighted by atomic mass is 32.2. The Hall–Kier alpha value is -2.72. The van der Waals surface area contributed by atoms with Crippen LogP contribution in [0.4, 0.5) is 14.5 Å². The van der Waals surface area contributed by atoms with Gasteiger partial charge in [0.15, 0.2) is 0 Å². The number of rotatable bonds is 3. The molecule has 0 atom stereocenters. The molecule has 0 unspecified atom stereocenters. The minimum absolute atomic E-state index is 0.0517. The van der Waals surface area contributed by atoms with Crippen molar-refractivity contribution in [2.75, 3.05) is 18.0 Å². The maximum Gasteiger partial charge on any atom is 0.274 e. The third kappa shape index (κ3) is 3.08. The van der Waals surface area contributed by atoms with Gasteiger partial charge in [0.1, 0.15) is 5.52 Å². The number of primary sulfonamides is 1. The number of H-pyrrole nitrogens is 1. The number of aryl methyl sites for hydroxylation is 1. The molecular weight excluding hydrogens is 426 g/mol. The number of anilines is 1. The van der Waals surface area contributed by atoms with Gasteiger partial charge in [0, 0.05) is 70.6 Å². The molecule has 0 radical (unpaired) electrons. The van der Waals surface area contributed by atoms with Crippen molar-refractivity contribution in [2.24, 2.45) is 17.5 Å². The zero-order valence-corrected chi connectivity index (χ0v) is 17.2. The summed E-state index contributed by atoms with van der Waals surface area (Å²) in [6, 6.07) is 5.80. The van der Waals surface area contributed by atoms with Gasteiger partial charge in [-0.1, -0.05) is 0 Å². The van der Waals surface area contributed by atoms with Crippen LogP contribution in [-0.2, 0) is 17.0 Å². The second kappa shape index (κ2) is 6.39. The predicted molar refractivity (Wildman–Crippen MR) is 114 cm³/mol. The summed E-state index contributed by atoms with van der Waals surface area (Å²) in [5.74, 6) is -2.66.